The molecule has 0 radical (unpaired) electrons. The summed E-state index contributed by atoms with van der Waals surface area (Å²) in [6, 6.07) is 16.3. The van der Waals surface area contributed by atoms with Crippen LogP contribution >= 0.6 is 0 Å². The van der Waals surface area contributed by atoms with Gasteiger partial charge in [-0.15, -0.1) is 0 Å². The Morgan fingerprint density at radius 2 is 1.76 bits per heavy atom. The average molecular weight is 405 g/mol. The molecule has 29 heavy (non-hydrogen) atoms. The second-order valence-corrected chi connectivity index (χ2v) is 9.14. The van der Waals surface area contributed by atoms with Gasteiger partial charge in [0.1, 0.15) is 5.82 Å². The molecule has 0 atom stereocenters. The normalized spacial score (nSPS) is 14.2. The summed E-state index contributed by atoms with van der Waals surface area (Å²) < 4.78 is 26.3. The van der Waals surface area contributed by atoms with Crippen LogP contribution in [-0.2, 0) is 9.84 Å². The van der Waals surface area contributed by atoms with E-state index in [4.69, 9.17) is 0 Å². The number of nitrogens with one attached hydrogen (secondary N) is 2. The highest BCUT2D eigenvalue weighted by Gasteiger charge is 2.26. The lowest BCUT2D eigenvalue weighted by Gasteiger charge is -2.08. The highest BCUT2D eigenvalue weighted by molar-refractivity contribution is 7.91. The van der Waals surface area contributed by atoms with Crippen molar-refractivity contribution in [3.8, 4) is 0 Å². The lowest BCUT2D eigenvalue weighted by atomic mass is 10.1. The molecule has 1 aliphatic rings. The summed E-state index contributed by atoms with van der Waals surface area (Å²) in [6.07, 6.45) is 2.34. The minimum Gasteiger partial charge on any atom is -0.323 e. The maximum Gasteiger partial charge on any atom is 0.254 e. The van der Waals surface area contributed by atoms with Gasteiger partial charge in [-0.1, -0.05) is 30.3 Å². The Labute approximate surface area is 168 Å². The van der Waals surface area contributed by atoms with Crippen molar-refractivity contribution in [2.75, 3.05) is 5.32 Å². The van der Waals surface area contributed by atoms with Crippen LogP contribution < -0.4 is 5.32 Å². The van der Waals surface area contributed by atoms with E-state index in [2.05, 4.69) is 25.5 Å². The molecule has 0 bridgehead atoms. The molecular formula is C21H19N5O2S. The molecule has 0 amide bonds. The zero-order chi connectivity index (χ0) is 20.0. The number of anilines is 2. The fourth-order valence-electron chi connectivity index (χ4n) is 3.30. The van der Waals surface area contributed by atoms with Gasteiger partial charge in [-0.3, -0.25) is 5.10 Å². The molecule has 7 nitrogen and oxygen atoms in total. The molecule has 1 aliphatic carbocycles. The molecule has 8 heteroatoms. The SMILES string of the molecule is Cc1cc(Nc2cc(C3CC3)[nH]n2)nc(S(=O)(=O)c2ccc3ccccc3c2)n1. The van der Waals surface area contributed by atoms with E-state index in [0.29, 0.717) is 23.2 Å². The van der Waals surface area contributed by atoms with E-state index in [1.165, 1.54) is 12.8 Å². The third-order valence-electron chi connectivity index (χ3n) is 4.98. The van der Waals surface area contributed by atoms with Crippen LogP contribution in [0.3, 0.4) is 0 Å². The lowest BCUT2D eigenvalue weighted by Crippen LogP contribution is -2.10. The van der Waals surface area contributed by atoms with Crippen LogP contribution in [0.15, 0.2) is 64.6 Å². The van der Waals surface area contributed by atoms with Gasteiger partial charge >= 0.3 is 0 Å². The second kappa shape index (κ2) is 6.66. The van der Waals surface area contributed by atoms with Crippen molar-refractivity contribution >= 4 is 32.2 Å². The van der Waals surface area contributed by atoms with Crippen molar-refractivity contribution < 1.29 is 8.42 Å². The predicted octanol–water partition coefficient (Wildman–Crippen LogP) is 4.12. The zero-order valence-corrected chi connectivity index (χ0v) is 16.6. The average Bonchev–Trinajstić information content (AvgIpc) is 3.46. The molecule has 0 spiro atoms. The molecule has 2 N–H and O–H groups in total. The minimum absolute atomic E-state index is 0.170. The van der Waals surface area contributed by atoms with Gasteiger partial charge in [0.25, 0.3) is 5.16 Å². The molecule has 5 rings (SSSR count). The summed E-state index contributed by atoms with van der Waals surface area (Å²) >= 11 is 0. The van der Waals surface area contributed by atoms with E-state index in [1.807, 2.05) is 30.3 Å². The third-order valence-corrected chi connectivity index (χ3v) is 6.51. The molecular weight excluding hydrogens is 386 g/mol. The number of H-pyrrole nitrogens is 1. The van der Waals surface area contributed by atoms with Crippen molar-refractivity contribution in [1.82, 2.24) is 20.2 Å². The number of fused-ring (bicyclic) bond motifs is 1. The molecule has 1 fully saturated rings. The molecule has 0 aliphatic heterocycles. The monoisotopic (exact) mass is 405 g/mol. The molecule has 1 saturated carbocycles. The number of rotatable bonds is 5. The quantitative estimate of drug-likeness (QED) is 0.485. The Kier molecular flexibility index (Phi) is 4.09. The van der Waals surface area contributed by atoms with Gasteiger partial charge in [-0.05, 0) is 42.7 Å². The number of hydrogen-bond donors (Lipinski definition) is 2. The van der Waals surface area contributed by atoms with Crippen molar-refractivity contribution in [2.45, 2.75) is 35.7 Å². The van der Waals surface area contributed by atoms with Crippen LogP contribution in [0.4, 0.5) is 11.6 Å². The van der Waals surface area contributed by atoms with Gasteiger partial charge in [0.05, 0.1) is 4.90 Å². The van der Waals surface area contributed by atoms with E-state index in [1.54, 1.807) is 31.2 Å². The summed E-state index contributed by atoms with van der Waals surface area (Å²) in [5.41, 5.74) is 1.64. The highest BCUT2D eigenvalue weighted by atomic mass is 32.2. The Morgan fingerprint density at radius 3 is 2.55 bits per heavy atom. The van der Waals surface area contributed by atoms with Crippen LogP contribution in [0.2, 0.25) is 0 Å². The van der Waals surface area contributed by atoms with Gasteiger partial charge in [-0.2, -0.15) is 5.10 Å². The summed E-state index contributed by atoms with van der Waals surface area (Å²) in [5, 5.41) is 11.9. The minimum atomic E-state index is -3.86. The molecule has 4 aromatic rings. The van der Waals surface area contributed by atoms with Gasteiger partial charge < -0.3 is 5.32 Å². The van der Waals surface area contributed by atoms with E-state index >= 15 is 0 Å². The van der Waals surface area contributed by atoms with Gasteiger partial charge in [-0.25, -0.2) is 18.4 Å². The Morgan fingerprint density at radius 1 is 0.966 bits per heavy atom. The van der Waals surface area contributed by atoms with Crippen LogP contribution in [0, 0.1) is 6.92 Å². The maximum absolute atomic E-state index is 13.2. The largest absolute Gasteiger partial charge is 0.323 e. The van der Waals surface area contributed by atoms with Crippen molar-refractivity contribution in [1.29, 1.82) is 0 Å². The van der Waals surface area contributed by atoms with Crippen LogP contribution in [-0.4, -0.2) is 28.6 Å². The molecule has 0 unspecified atom stereocenters. The Hall–Kier alpha value is -3.26. The Bertz CT molecular complexity index is 1330. The molecule has 2 aromatic carbocycles. The van der Waals surface area contributed by atoms with Gasteiger partial charge in [0.2, 0.25) is 9.84 Å². The van der Waals surface area contributed by atoms with Crippen LogP contribution in [0.1, 0.15) is 30.1 Å². The number of aryl methyl sites for hydroxylation is 1. The molecule has 2 aromatic heterocycles. The van der Waals surface area contributed by atoms with Gasteiger partial charge in [0.15, 0.2) is 5.82 Å². The van der Waals surface area contributed by atoms with Crippen molar-refractivity contribution in [2.24, 2.45) is 0 Å². The third kappa shape index (κ3) is 3.47. The maximum atomic E-state index is 13.2. The Balaban J connectivity index is 1.50. The second-order valence-electron chi connectivity index (χ2n) is 7.30. The summed E-state index contributed by atoms with van der Waals surface area (Å²) in [5.74, 6) is 1.55. The van der Waals surface area contributed by atoms with Crippen LogP contribution in [0.25, 0.3) is 10.8 Å². The molecule has 2 heterocycles. The first-order valence-corrected chi connectivity index (χ1v) is 10.9. The number of aromatic nitrogens is 4. The molecule has 146 valence electrons. The van der Waals surface area contributed by atoms with Crippen molar-refractivity contribution in [3.63, 3.8) is 0 Å². The summed E-state index contributed by atoms with van der Waals surface area (Å²) in [6.45, 7) is 1.74. The van der Waals surface area contributed by atoms with Crippen molar-refractivity contribution in [3.05, 3.63) is 66.0 Å². The number of hydrogen-bond acceptors (Lipinski definition) is 6. The van der Waals surface area contributed by atoms with E-state index in [9.17, 15) is 8.42 Å². The molecule has 0 saturated heterocycles. The summed E-state index contributed by atoms with van der Waals surface area (Å²) in [7, 11) is -3.86. The smallest absolute Gasteiger partial charge is 0.254 e. The fraction of sp³-hybridized carbons (Fsp3) is 0.190. The topological polar surface area (TPSA) is 101 Å². The lowest BCUT2D eigenvalue weighted by molar-refractivity contribution is 0.586. The standard InChI is InChI=1S/C21H19N5O2S/c1-13-10-19(23-20-12-18(25-26-20)15-6-7-15)24-21(22-13)29(27,28)17-9-8-14-4-2-3-5-16(14)11-17/h2-5,8-12,15H,6-7H2,1H3,(H2,22,23,24,25,26). The number of aromatic amines is 1. The summed E-state index contributed by atoms with van der Waals surface area (Å²) in [4.78, 5) is 8.61. The number of sulfone groups is 1. The first kappa shape index (κ1) is 17.8. The van der Waals surface area contributed by atoms with E-state index in [0.717, 1.165) is 16.5 Å². The predicted molar refractivity (Wildman–Crippen MR) is 110 cm³/mol. The number of nitrogens with zero attached hydrogens (tertiary/aromatic N) is 3. The first-order chi connectivity index (χ1) is 14.0. The first-order valence-electron chi connectivity index (χ1n) is 9.41. The highest BCUT2D eigenvalue weighted by Crippen LogP contribution is 2.39. The number of benzene rings is 2. The van der Waals surface area contributed by atoms with E-state index < -0.39 is 9.84 Å². The zero-order valence-electron chi connectivity index (χ0n) is 15.8. The van der Waals surface area contributed by atoms with Gasteiger partial charge in [0, 0.05) is 29.4 Å². The fourth-order valence-corrected chi connectivity index (χ4v) is 4.52. The van der Waals surface area contributed by atoms with E-state index in [-0.39, 0.29) is 10.1 Å². The van der Waals surface area contributed by atoms with Crippen LogP contribution in [0.5, 0.6) is 0 Å².